The van der Waals surface area contributed by atoms with E-state index < -0.39 is 16.1 Å². The largest absolute Gasteiger partial charge is 0.496 e. The van der Waals surface area contributed by atoms with E-state index in [1.165, 1.54) is 4.31 Å². The van der Waals surface area contributed by atoms with E-state index in [0.29, 0.717) is 18.7 Å². The first kappa shape index (κ1) is 15.3. The maximum atomic E-state index is 12.6. The second kappa shape index (κ2) is 5.71. The third kappa shape index (κ3) is 2.82. The Morgan fingerprint density at radius 1 is 1.40 bits per heavy atom. The van der Waals surface area contributed by atoms with Crippen LogP contribution in [-0.4, -0.2) is 44.1 Å². The number of sulfonamides is 1. The minimum absolute atomic E-state index is 0.138. The van der Waals surface area contributed by atoms with Crippen LogP contribution in [0.2, 0.25) is 0 Å². The van der Waals surface area contributed by atoms with Gasteiger partial charge in [0, 0.05) is 13.1 Å². The topological polar surface area (TPSA) is 66.8 Å². The summed E-state index contributed by atoms with van der Waals surface area (Å²) in [6.45, 7) is 4.36. The number of β-amino-alcohol motifs (C(OH)–C–C–N with tert-alkyl or cyclic N) is 1. The number of hydrogen-bond donors (Lipinski definition) is 1. The average Bonchev–Trinajstić information content (AvgIpc) is 2.41. The van der Waals surface area contributed by atoms with Crippen LogP contribution in [0.5, 0.6) is 5.75 Å². The van der Waals surface area contributed by atoms with Crippen LogP contribution in [0.3, 0.4) is 0 Å². The molecule has 20 heavy (non-hydrogen) atoms. The maximum absolute atomic E-state index is 12.6. The van der Waals surface area contributed by atoms with Crippen LogP contribution in [0.4, 0.5) is 0 Å². The van der Waals surface area contributed by atoms with E-state index in [4.69, 9.17) is 4.74 Å². The summed E-state index contributed by atoms with van der Waals surface area (Å²) in [5.74, 6) is 0.801. The molecular formula is C14H21NO4S. The average molecular weight is 299 g/mol. The highest BCUT2D eigenvalue weighted by molar-refractivity contribution is 7.89. The third-order valence-electron chi connectivity index (χ3n) is 3.89. The van der Waals surface area contributed by atoms with Gasteiger partial charge >= 0.3 is 0 Å². The van der Waals surface area contributed by atoms with E-state index in [9.17, 15) is 13.5 Å². The molecule has 0 saturated carbocycles. The first-order valence-corrected chi connectivity index (χ1v) is 8.13. The number of ether oxygens (including phenoxy) is 1. The highest BCUT2D eigenvalue weighted by atomic mass is 32.2. The molecule has 1 aliphatic heterocycles. The van der Waals surface area contributed by atoms with Gasteiger partial charge in [-0.3, -0.25) is 0 Å². The molecule has 2 atom stereocenters. The molecule has 0 radical (unpaired) electrons. The molecule has 0 bridgehead atoms. The van der Waals surface area contributed by atoms with Crippen molar-refractivity contribution in [2.75, 3.05) is 20.2 Å². The van der Waals surface area contributed by atoms with Gasteiger partial charge in [0.05, 0.1) is 18.1 Å². The minimum Gasteiger partial charge on any atom is -0.496 e. The molecule has 1 N–H and O–H groups in total. The lowest BCUT2D eigenvalue weighted by Gasteiger charge is -2.33. The number of piperidine rings is 1. The molecule has 0 spiro atoms. The fourth-order valence-corrected chi connectivity index (χ4v) is 3.96. The van der Waals surface area contributed by atoms with E-state index in [1.807, 2.05) is 13.8 Å². The normalized spacial score (nSPS) is 24.6. The number of aliphatic hydroxyl groups excluding tert-OH is 1. The molecule has 112 valence electrons. The molecule has 1 fully saturated rings. The van der Waals surface area contributed by atoms with Crippen molar-refractivity contribution in [3.63, 3.8) is 0 Å². The van der Waals surface area contributed by atoms with Crippen LogP contribution in [-0.2, 0) is 10.0 Å². The van der Waals surface area contributed by atoms with Gasteiger partial charge in [0.25, 0.3) is 0 Å². The predicted octanol–water partition coefficient (Wildman–Crippen LogP) is 1.40. The molecule has 2 rings (SSSR count). The summed E-state index contributed by atoms with van der Waals surface area (Å²) in [5, 5.41) is 9.87. The van der Waals surface area contributed by atoms with Crippen molar-refractivity contribution in [2.24, 2.45) is 5.92 Å². The zero-order chi connectivity index (χ0) is 14.9. The van der Waals surface area contributed by atoms with Crippen LogP contribution in [0.15, 0.2) is 23.1 Å². The lowest BCUT2D eigenvalue weighted by molar-refractivity contribution is 0.0605. The zero-order valence-corrected chi connectivity index (χ0v) is 12.9. The summed E-state index contributed by atoms with van der Waals surface area (Å²) in [4.78, 5) is 0.248. The first-order chi connectivity index (χ1) is 9.36. The fraction of sp³-hybridized carbons (Fsp3) is 0.571. The molecule has 1 saturated heterocycles. The zero-order valence-electron chi connectivity index (χ0n) is 12.0. The van der Waals surface area contributed by atoms with Crippen molar-refractivity contribution < 1.29 is 18.3 Å². The van der Waals surface area contributed by atoms with E-state index in [1.54, 1.807) is 25.3 Å². The monoisotopic (exact) mass is 299 g/mol. The van der Waals surface area contributed by atoms with Crippen LogP contribution in [0, 0.1) is 12.8 Å². The van der Waals surface area contributed by atoms with Crippen LogP contribution < -0.4 is 4.74 Å². The fourth-order valence-electron chi connectivity index (χ4n) is 2.40. The van der Waals surface area contributed by atoms with Crippen LogP contribution in [0.25, 0.3) is 0 Å². The van der Waals surface area contributed by atoms with Crippen molar-refractivity contribution in [1.82, 2.24) is 4.31 Å². The van der Waals surface area contributed by atoms with Gasteiger partial charge in [-0.15, -0.1) is 0 Å². The van der Waals surface area contributed by atoms with Crippen molar-refractivity contribution in [2.45, 2.75) is 31.3 Å². The Hall–Kier alpha value is -1.11. The van der Waals surface area contributed by atoms with Gasteiger partial charge in [0.1, 0.15) is 5.75 Å². The molecule has 2 unspecified atom stereocenters. The number of aryl methyl sites for hydroxylation is 1. The minimum atomic E-state index is -3.55. The second-order valence-electron chi connectivity index (χ2n) is 5.33. The summed E-state index contributed by atoms with van der Waals surface area (Å²) in [6.07, 6.45) is 0.0769. The Kier molecular flexibility index (Phi) is 4.36. The van der Waals surface area contributed by atoms with Gasteiger partial charge in [-0.25, -0.2) is 8.42 Å². The summed E-state index contributed by atoms with van der Waals surface area (Å²) in [5.41, 5.74) is 0.777. The summed E-state index contributed by atoms with van der Waals surface area (Å²) >= 11 is 0. The summed E-state index contributed by atoms with van der Waals surface area (Å²) in [7, 11) is -1.99. The highest BCUT2D eigenvalue weighted by Gasteiger charge is 2.32. The molecule has 1 aromatic rings. The quantitative estimate of drug-likeness (QED) is 0.916. The number of aliphatic hydroxyl groups is 1. The van der Waals surface area contributed by atoms with Crippen LogP contribution >= 0.6 is 0 Å². The van der Waals surface area contributed by atoms with E-state index in [-0.39, 0.29) is 17.4 Å². The Morgan fingerprint density at radius 2 is 2.10 bits per heavy atom. The highest BCUT2D eigenvalue weighted by Crippen LogP contribution is 2.27. The van der Waals surface area contributed by atoms with Crippen molar-refractivity contribution in [3.05, 3.63) is 23.8 Å². The molecule has 5 nitrogen and oxygen atoms in total. The van der Waals surface area contributed by atoms with E-state index in [2.05, 4.69) is 0 Å². The van der Waals surface area contributed by atoms with Crippen molar-refractivity contribution in [1.29, 1.82) is 0 Å². The van der Waals surface area contributed by atoms with Crippen molar-refractivity contribution in [3.8, 4) is 5.75 Å². The SMILES string of the molecule is COc1ccc(S(=O)(=O)N2CCC(C)C(O)C2)cc1C. The lowest BCUT2D eigenvalue weighted by atomic mass is 9.98. The van der Waals surface area contributed by atoms with Gasteiger partial charge in [0.2, 0.25) is 10.0 Å². The second-order valence-corrected chi connectivity index (χ2v) is 7.27. The Labute approximate surface area is 120 Å². The molecule has 1 aromatic carbocycles. The van der Waals surface area contributed by atoms with Gasteiger partial charge < -0.3 is 9.84 Å². The van der Waals surface area contributed by atoms with Gasteiger partial charge in [-0.05, 0) is 43.0 Å². The number of hydrogen-bond acceptors (Lipinski definition) is 4. The van der Waals surface area contributed by atoms with Gasteiger partial charge in [-0.2, -0.15) is 4.31 Å². The molecule has 0 aliphatic carbocycles. The number of nitrogens with zero attached hydrogens (tertiary/aromatic N) is 1. The first-order valence-electron chi connectivity index (χ1n) is 6.69. The number of methoxy groups -OCH3 is 1. The molecule has 1 aliphatic rings. The molecule has 1 heterocycles. The van der Waals surface area contributed by atoms with Crippen molar-refractivity contribution >= 4 is 10.0 Å². The molecule has 6 heteroatoms. The standard InChI is InChI=1S/C14H21NO4S/c1-10-6-7-15(9-13(10)16)20(17,18)12-4-5-14(19-3)11(2)8-12/h4-5,8,10,13,16H,6-7,9H2,1-3H3. The van der Waals surface area contributed by atoms with Gasteiger partial charge in [0.15, 0.2) is 0 Å². The van der Waals surface area contributed by atoms with Gasteiger partial charge in [-0.1, -0.05) is 6.92 Å². The third-order valence-corrected chi connectivity index (χ3v) is 5.75. The van der Waals surface area contributed by atoms with Crippen LogP contribution in [0.1, 0.15) is 18.9 Å². The summed E-state index contributed by atoms with van der Waals surface area (Å²) < 4.78 is 31.6. The number of rotatable bonds is 3. The molecular weight excluding hydrogens is 278 g/mol. The maximum Gasteiger partial charge on any atom is 0.243 e. The Morgan fingerprint density at radius 3 is 2.65 bits per heavy atom. The lowest BCUT2D eigenvalue weighted by Crippen LogP contribution is -2.45. The number of benzene rings is 1. The predicted molar refractivity (Wildman–Crippen MR) is 76.3 cm³/mol. The molecule has 0 aromatic heterocycles. The van der Waals surface area contributed by atoms with E-state index in [0.717, 1.165) is 5.56 Å². The van der Waals surface area contributed by atoms with E-state index >= 15 is 0 Å². The Bertz CT molecular complexity index is 585. The Balaban J connectivity index is 2.29. The smallest absolute Gasteiger partial charge is 0.243 e. The summed E-state index contributed by atoms with van der Waals surface area (Å²) in [6, 6.07) is 4.81. The molecule has 0 amide bonds.